The predicted octanol–water partition coefficient (Wildman–Crippen LogP) is 3.48. The molecule has 4 heteroatoms. The topological polar surface area (TPSA) is 17.1 Å². The van der Waals surface area contributed by atoms with Gasteiger partial charge in [0.05, 0.1) is 0 Å². The molecule has 0 saturated heterocycles. The SMILES string of the molecule is O=CC(Br)(Br)c1ccccc1Cl. The molecule has 0 bridgehead atoms. The van der Waals surface area contributed by atoms with E-state index < -0.39 is 3.23 Å². The van der Waals surface area contributed by atoms with Crippen LogP contribution in [0.4, 0.5) is 0 Å². The Morgan fingerprint density at radius 3 is 2.42 bits per heavy atom. The number of hydrogen-bond donors (Lipinski definition) is 0. The molecule has 0 spiro atoms. The maximum Gasteiger partial charge on any atom is 0.161 e. The number of hydrogen-bond acceptors (Lipinski definition) is 1. The average Bonchev–Trinajstić information content (AvgIpc) is 2.05. The van der Waals surface area contributed by atoms with Crippen molar-refractivity contribution >= 4 is 49.7 Å². The highest BCUT2D eigenvalue weighted by molar-refractivity contribution is 9.25. The molecule has 0 atom stereocenters. The number of aldehydes is 1. The van der Waals surface area contributed by atoms with Gasteiger partial charge in [0.25, 0.3) is 0 Å². The van der Waals surface area contributed by atoms with Crippen LogP contribution >= 0.6 is 43.5 Å². The molecular weight excluding hydrogens is 307 g/mol. The van der Waals surface area contributed by atoms with Crippen LogP contribution in [-0.2, 0) is 8.03 Å². The molecule has 12 heavy (non-hydrogen) atoms. The minimum absolute atomic E-state index is 0.554. The first-order chi connectivity index (χ1) is 5.58. The molecule has 0 heterocycles. The van der Waals surface area contributed by atoms with Gasteiger partial charge in [-0.15, -0.1) is 0 Å². The summed E-state index contributed by atoms with van der Waals surface area (Å²) >= 11 is 12.3. The van der Waals surface area contributed by atoms with Crippen molar-refractivity contribution in [2.45, 2.75) is 3.23 Å². The zero-order chi connectivity index (χ0) is 9.19. The molecule has 0 radical (unpaired) electrons. The third-order valence-electron chi connectivity index (χ3n) is 1.38. The second-order valence-electron chi connectivity index (χ2n) is 2.22. The fourth-order valence-corrected chi connectivity index (χ4v) is 2.00. The van der Waals surface area contributed by atoms with Gasteiger partial charge in [0.1, 0.15) is 0 Å². The Bertz CT molecular complexity index is 299. The zero-order valence-electron chi connectivity index (χ0n) is 5.93. The summed E-state index contributed by atoms with van der Waals surface area (Å²) in [6.45, 7) is 0. The molecule has 0 amide bonds. The summed E-state index contributed by atoms with van der Waals surface area (Å²) in [4.78, 5) is 10.6. The summed E-state index contributed by atoms with van der Waals surface area (Å²) in [5.74, 6) is 0. The minimum Gasteiger partial charge on any atom is -0.300 e. The fourth-order valence-electron chi connectivity index (χ4n) is 0.795. The quantitative estimate of drug-likeness (QED) is 0.603. The third-order valence-corrected chi connectivity index (χ3v) is 2.94. The van der Waals surface area contributed by atoms with E-state index in [1.165, 1.54) is 0 Å². The highest BCUT2D eigenvalue weighted by Gasteiger charge is 2.26. The third kappa shape index (κ3) is 2.09. The fraction of sp³-hybridized carbons (Fsp3) is 0.125. The summed E-state index contributed by atoms with van der Waals surface area (Å²) in [6.07, 6.45) is 0.744. The molecule has 1 aromatic carbocycles. The molecule has 0 unspecified atom stereocenters. The molecule has 1 aromatic rings. The van der Waals surface area contributed by atoms with Crippen LogP contribution in [0.25, 0.3) is 0 Å². The highest BCUT2D eigenvalue weighted by Crippen LogP contribution is 2.39. The van der Waals surface area contributed by atoms with E-state index in [4.69, 9.17) is 11.6 Å². The van der Waals surface area contributed by atoms with Crippen LogP contribution < -0.4 is 0 Å². The predicted molar refractivity (Wildman–Crippen MR) is 57.0 cm³/mol. The van der Waals surface area contributed by atoms with Gasteiger partial charge in [0.15, 0.2) is 9.52 Å². The summed E-state index contributed by atoms with van der Waals surface area (Å²) < 4.78 is -0.863. The lowest BCUT2D eigenvalue weighted by atomic mass is 10.2. The van der Waals surface area contributed by atoms with Gasteiger partial charge in [-0.25, -0.2) is 0 Å². The first-order valence-corrected chi connectivity index (χ1v) is 5.13. The number of carbonyl (C=O) groups excluding carboxylic acids is 1. The van der Waals surface area contributed by atoms with E-state index in [1.54, 1.807) is 12.1 Å². The molecule has 0 aromatic heterocycles. The van der Waals surface area contributed by atoms with Crippen LogP contribution in [0.1, 0.15) is 5.56 Å². The number of carbonyl (C=O) groups is 1. The Morgan fingerprint density at radius 1 is 1.33 bits per heavy atom. The monoisotopic (exact) mass is 310 g/mol. The lowest BCUT2D eigenvalue weighted by molar-refractivity contribution is -0.107. The van der Waals surface area contributed by atoms with Gasteiger partial charge in [-0.05, 0) is 6.07 Å². The van der Waals surface area contributed by atoms with Gasteiger partial charge in [-0.3, -0.25) is 0 Å². The van der Waals surface area contributed by atoms with Crippen LogP contribution in [0.2, 0.25) is 5.02 Å². The van der Waals surface area contributed by atoms with E-state index in [0.717, 1.165) is 6.29 Å². The Kier molecular flexibility index (Phi) is 3.32. The van der Waals surface area contributed by atoms with Gasteiger partial charge < -0.3 is 4.79 Å². The normalized spacial score (nSPS) is 11.2. The van der Waals surface area contributed by atoms with E-state index >= 15 is 0 Å². The highest BCUT2D eigenvalue weighted by atomic mass is 79.9. The van der Waals surface area contributed by atoms with Crippen LogP contribution in [0.15, 0.2) is 24.3 Å². The summed E-state index contributed by atoms with van der Waals surface area (Å²) in [5, 5.41) is 0.554. The van der Waals surface area contributed by atoms with E-state index in [9.17, 15) is 4.79 Å². The standard InChI is InChI=1S/C8H5Br2ClO/c9-8(10,5-12)6-3-1-2-4-7(6)11/h1-5H. The van der Waals surface area contributed by atoms with Crippen molar-refractivity contribution in [1.29, 1.82) is 0 Å². The van der Waals surface area contributed by atoms with Gasteiger partial charge >= 0.3 is 0 Å². The first-order valence-electron chi connectivity index (χ1n) is 3.17. The summed E-state index contributed by atoms with van der Waals surface area (Å²) in [5.41, 5.74) is 0.710. The lowest BCUT2D eigenvalue weighted by Crippen LogP contribution is -2.10. The van der Waals surface area contributed by atoms with Gasteiger partial charge in [-0.2, -0.15) is 0 Å². The second-order valence-corrected chi connectivity index (χ2v) is 6.19. The average molecular weight is 312 g/mol. The maximum atomic E-state index is 10.6. The molecule has 1 rings (SSSR count). The van der Waals surface area contributed by atoms with Crippen molar-refractivity contribution in [2.75, 3.05) is 0 Å². The molecule has 0 aliphatic heterocycles. The molecular formula is C8H5Br2ClO. The van der Waals surface area contributed by atoms with Crippen LogP contribution in [0, 0.1) is 0 Å². The molecule has 64 valence electrons. The number of halogens is 3. The minimum atomic E-state index is -0.863. The largest absolute Gasteiger partial charge is 0.300 e. The second kappa shape index (κ2) is 3.90. The molecule has 0 fully saturated rings. The van der Waals surface area contributed by atoms with Crippen molar-refractivity contribution in [3.63, 3.8) is 0 Å². The van der Waals surface area contributed by atoms with E-state index in [0.29, 0.717) is 10.6 Å². The van der Waals surface area contributed by atoms with Crippen molar-refractivity contribution in [2.24, 2.45) is 0 Å². The molecule has 0 aliphatic rings. The van der Waals surface area contributed by atoms with Crippen LogP contribution in [0.3, 0.4) is 0 Å². The summed E-state index contributed by atoms with van der Waals surface area (Å²) in [7, 11) is 0. The summed E-state index contributed by atoms with van der Waals surface area (Å²) in [6, 6.07) is 7.15. The number of alkyl halides is 2. The van der Waals surface area contributed by atoms with Crippen molar-refractivity contribution < 1.29 is 4.79 Å². The number of benzene rings is 1. The van der Waals surface area contributed by atoms with Crippen LogP contribution in [0.5, 0.6) is 0 Å². The van der Waals surface area contributed by atoms with Gasteiger partial charge in [0.2, 0.25) is 0 Å². The van der Waals surface area contributed by atoms with Crippen molar-refractivity contribution in [3.8, 4) is 0 Å². The lowest BCUT2D eigenvalue weighted by Gasteiger charge is -2.14. The first kappa shape index (κ1) is 10.2. The molecule has 0 aliphatic carbocycles. The smallest absolute Gasteiger partial charge is 0.161 e. The Hall–Kier alpha value is 0.140. The van der Waals surface area contributed by atoms with Gasteiger partial charge in [-0.1, -0.05) is 61.7 Å². The van der Waals surface area contributed by atoms with E-state index in [2.05, 4.69) is 31.9 Å². The Balaban J connectivity index is 3.19. The molecule has 0 N–H and O–H groups in total. The molecule has 0 saturated carbocycles. The van der Waals surface area contributed by atoms with E-state index in [-0.39, 0.29) is 0 Å². The Morgan fingerprint density at radius 2 is 1.92 bits per heavy atom. The van der Waals surface area contributed by atoms with Gasteiger partial charge in [0, 0.05) is 10.6 Å². The molecule has 1 nitrogen and oxygen atoms in total. The number of rotatable bonds is 2. The van der Waals surface area contributed by atoms with Crippen molar-refractivity contribution in [3.05, 3.63) is 34.9 Å². The van der Waals surface area contributed by atoms with Crippen LogP contribution in [-0.4, -0.2) is 6.29 Å². The Labute approximate surface area is 92.4 Å². The van der Waals surface area contributed by atoms with E-state index in [1.807, 2.05) is 12.1 Å². The zero-order valence-corrected chi connectivity index (χ0v) is 9.86. The van der Waals surface area contributed by atoms with Crippen molar-refractivity contribution in [1.82, 2.24) is 0 Å². The maximum absolute atomic E-state index is 10.6.